The summed E-state index contributed by atoms with van der Waals surface area (Å²) in [6, 6.07) is 13.9. The SMILES string of the molecule is CC(Nc1ccc2c(c1)OCCO2)C(=O)Nc1cccc(C#N)c1. The van der Waals surface area contributed by atoms with Gasteiger partial charge in [0.1, 0.15) is 19.3 Å². The van der Waals surface area contributed by atoms with Crippen molar-refractivity contribution in [3.05, 3.63) is 48.0 Å². The van der Waals surface area contributed by atoms with Gasteiger partial charge in [0.15, 0.2) is 11.5 Å². The van der Waals surface area contributed by atoms with Gasteiger partial charge in [-0.2, -0.15) is 5.26 Å². The van der Waals surface area contributed by atoms with Crippen LogP contribution in [0.4, 0.5) is 11.4 Å². The number of hydrogen-bond acceptors (Lipinski definition) is 5. The summed E-state index contributed by atoms with van der Waals surface area (Å²) in [6.45, 7) is 2.82. The Morgan fingerprint density at radius 2 is 1.92 bits per heavy atom. The lowest BCUT2D eigenvalue weighted by molar-refractivity contribution is -0.116. The molecule has 1 heterocycles. The third-order valence-electron chi connectivity index (χ3n) is 3.58. The first-order valence-corrected chi connectivity index (χ1v) is 7.63. The summed E-state index contributed by atoms with van der Waals surface area (Å²) in [5.74, 6) is 1.18. The average molecular weight is 323 g/mol. The fourth-order valence-corrected chi connectivity index (χ4v) is 2.37. The number of carbonyl (C=O) groups excluding carboxylic acids is 1. The summed E-state index contributed by atoms with van der Waals surface area (Å²) in [7, 11) is 0. The lowest BCUT2D eigenvalue weighted by Gasteiger charge is -2.20. The van der Waals surface area contributed by atoms with Crippen molar-refractivity contribution in [2.24, 2.45) is 0 Å². The molecule has 3 rings (SSSR count). The molecule has 0 fully saturated rings. The molecule has 2 aromatic carbocycles. The van der Waals surface area contributed by atoms with Crippen molar-refractivity contribution >= 4 is 17.3 Å². The topological polar surface area (TPSA) is 83.4 Å². The van der Waals surface area contributed by atoms with E-state index in [4.69, 9.17) is 14.7 Å². The quantitative estimate of drug-likeness (QED) is 0.904. The highest BCUT2D eigenvalue weighted by molar-refractivity contribution is 5.96. The second kappa shape index (κ2) is 6.92. The Balaban J connectivity index is 1.64. The van der Waals surface area contributed by atoms with Crippen molar-refractivity contribution in [1.29, 1.82) is 5.26 Å². The van der Waals surface area contributed by atoms with E-state index in [0.717, 1.165) is 5.69 Å². The van der Waals surface area contributed by atoms with E-state index in [2.05, 4.69) is 10.6 Å². The fourth-order valence-electron chi connectivity index (χ4n) is 2.37. The molecule has 122 valence electrons. The average Bonchev–Trinajstić information content (AvgIpc) is 2.61. The maximum atomic E-state index is 12.3. The summed E-state index contributed by atoms with van der Waals surface area (Å²) < 4.78 is 11.0. The van der Waals surface area contributed by atoms with Crippen LogP contribution in [0.5, 0.6) is 11.5 Å². The Morgan fingerprint density at radius 1 is 1.12 bits per heavy atom. The highest BCUT2D eigenvalue weighted by Gasteiger charge is 2.16. The third kappa shape index (κ3) is 3.58. The zero-order valence-corrected chi connectivity index (χ0v) is 13.2. The second-order valence-corrected chi connectivity index (χ2v) is 5.41. The molecule has 2 N–H and O–H groups in total. The third-order valence-corrected chi connectivity index (χ3v) is 3.58. The lowest BCUT2D eigenvalue weighted by atomic mass is 10.2. The van der Waals surface area contributed by atoms with Gasteiger partial charge in [0.05, 0.1) is 11.6 Å². The van der Waals surface area contributed by atoms with Crippen LogP contribution in [0.3, 0.4) is 0 Å². The Hall–Kier alpha value is -3.20. The number of nitriles is 1. The Bertz CT molecular complexity index is 798. The van der Waals surface area contributed by atoms with Crippen LogP contribution in [-0.4, -0.2) is 25.2 Å². The first-order chi connectivity index (χ1) is 11.7. The molecule has 2 aromatic rings. The highest BCUT2D eigenvalue weighted by Crippen LogP contribution is 2.32. The summed E-state index contributed by atoms with van der Waals surface area (Å²) in [5.41, 5.74) is 1.86. The molecule has 24 heavy (non-hydrogen) atoms. The van der Waals surface area contributed by atoms with Crippen LogP contribution in [0.1, 0.15) is 12.5 Å². The molecule has 0 radical (unpaired) electrons. The molecule has 0 saturated carbocycles. The molecule has 0 spiro atoms. The molecule has 6 heteroatoms. The summed E-state index contributed by atoms with van der Waals surface area (Å²) in [4.78, 5) is 12.3. The lowest BCUT2D eigenvalue weighted by Crippen LogP contribution is -2.31. The number of anilines is 2. The number of hydrogen-bond donors (Lipinski definition) is 2. The van der Waals surface area contributed by atoms with Gasteiger partial charge in [-0.05, 0) is 37.3 Å². The predicted molar refractivity (Wildman–Crippen MR) is 90.3 cm³/mol. The van der Waals surface area contributed by atoms with Crippen LogP contribution in [-0.2, 0) is 4.79 Å². The van der Waals surface area contributed by atoms with Crippen molar-refractivity contribution in [2.45, 2.75) is 13.0 Å². The number of nitrogens with one attached hydrogen (secondary N) is 2. The van der Waals surface area contributed by atoms with Crippen LogP contribution in [0.2, 0.25) is 0 Å². The van der Waals surface area contributed by atoms with Crippen LogP contribution in [0.25, 0.3) is 0 Å². The van der Waals surface area contributed by atoms with Gasteiger partial charge in [0.25, 0.3) is 0 Å². The number of carbonyl (C=O) groups is 1. The standard InChI is InChI=1S/C18H17N3O3/c1-12(18(22)21-14-4-2-3-13(9-14)11-19)20-15-5-6-16-17(10-15)24-8-7-23-16/h2-6,9-10,12,20H,7-8H2,1H3,(H,21,22). The van der Waals surface area contributed by atoms with E-state index in [9.17, 15) is 4.79 Å². The molecule has 1 aliphatic heterocycles. The monoisotopic (exact) mass is 323 g/mol. The molecule has 0 bridgehead atoms. The van der Waals surface area contributed by atoms with E-state index in [-0.39, 0.29) is 5.91 Å². The van der Waals surface area contributed by atoms with Gasteiger partial charge in [-0.3, -0.25) is 4.79 Å². The Kier molecular flexibility index (Phi) is 4.52. The maximum absolute atomic E-state index is 12.3. The van der Waals surface area contributed by atoms with Crippen LogP contribution in [0.15, 0.2) is 42.5 Å². The van der Waals surface area contributed by atoms with Crippen LogP contribution < -0.4 is 20.1 Å². The molecule has 0 aliphatic carbocycles. The zero-order chi connectivity index (χ0) is 16.9. The molecule has 1 atom stereocenters. The van der Waals surface area contributed by atoms with Gasteiger partial charge in [-0.1, -0.05) is 6.07 Å². The molecule has 0 aromatic heterocycles. The number of nitrogens with zero attached hydrogens (tertiary/aromatic N) is 1. The van der Waals surface area contributed by atoms with Gasteiger partial charge in [0.2, 0.25) is 5.91 Å². The molecular weight excluding hydrogens is 306 g/mol. The number of amides is 1. The van der Waals surface area contributed by atoms with Gasteiger partial charge < -0.3 is 20.1 Å². The van der Waals surface area contributed by atoms with E-state index < -0.39 is 6.04 Å². The van der Waals surface area contributed by atoms with Gasteiger partial charge in [-0.15, -0.1) is 0 Å². The van der Waals surface area contributed by atoms with Crippen LogP contribution >= 0.6 is 0 Å². The van der Waals surface area contributed by atoms with Crippen molar-refractivity contribution in [3.8, 4) is 17.6 Å². The summed E-state index contributed by atoms with van der Waals surface area (Å²) in [5, 5.41) is 14.8. The van der Waals surface area contributed by atoms with Crippen molar-refractivity contribution < 1.29 is 14.3 Å². The van der Waals surface area contributed by atoms with Crippen molar-refractivity contribution in [2.75, 3.05) is 23.8 Å². The summed E-state index contributed by atoms with van der Waals surface area (Å²) >= 11 is 0. The Morgan fingerprint density at radius 3 is 2.71 bits per heavy atom. The first-order valence-electron chi connectivity index (χ1n) is 7.63. The minimum Gasteiger partial charge on any atom is -0.486 e. The van der Waals surface area contributed by atoms with E-state index in [1.807, 2.05) is 24.3 Å². The number of fused-ring (bicyclic) bond motifs is 1. The second-order valence-electron chi connectivity index (χ2n) is 5.41. The van der Waals surface area contributed by atoms with Gasteiger partial charge in [0, 0.05) is 17.4 Å². The number of ether oxygens (including phenoxy) is 2. The highest BCUT2D eigenvalue weighted by atomic mass is 16.6. The minimum absolute atomic E-state index is 0.194. The Labute approximate surface area is 140 Å². The molecular formula is C18H17N3O3. The summed E-state index contributed by atoms with van der Waals surface area (Å²) in [6.07, 6.45) is 0. The van der Waals surface area contributed by atoms with E-state index >= 15 is 0 Å². The maximum Gasteiger partial charge on any atom is 0.246 e. The minimum atomic E-state index is -0.460. The van der Waals surface area contributed by atoms with E-state index in [1.54, 1.807) is 31.2 Å². The molecule has 1 amide bonds. The van der Waals surface area contributed by atoms with Crippen LogP contribution in [0, 0.1) is 11.3 Å². The number of benzene rings is 2. The first kappa shape index (κ1) is 15.7. The predicted octanol–water partition coefficient (Wildman–Crippen LogP) is 2.77. The molecule has 0 saturated heterocycles. The van der Waals surface area contributed by atoms with Crippen molar-refractivity contribution in [3.63, 3.8) is 0 Å². The van der Waals surface area contributed by atoms with Gasteiger partial charge in [-0.25, -0.2) is 0 Å². The molecule has 1 aliphatic rings. The molecule has 1 unspecified atom stereocenters. The number of rotatable bonds is 4. The molecule has 6 nitrogen and oxygen atoms in total. The smallest absolute Gasteiger partial charge is 0.246 e. The zero-order valence-electron chi connectivity index (χ0n) is 13.2. The van der Waals surface area contributed by atoms with Crippen molar-refractivity contribution in [1.82, 2.24) is 0 Å². The van der Waals surface area contributed by atoms with E-state index in [0.29, 0.717) is 36.0 Å². The van der Waals surface area contributed by atoms with Gasteiger partial charge >= 0.3 is 0 Å². The normalized spacial score (nSPS) is 13.5. The largest absolute Gasteiger partial charge is 0.486 e. The fraction of sp³-hybridized carbons (Fsp3) is 0.222. The van der Waals surface area contributed by atoms with E-state index in [1.165, 1.54) is 0 Å².